The summed E-state index contributed by atoms with van der Waals surface area (Å²) < 4.78 is 16.0. The molecule has 0 amide bonds. The van der Waals surface area contributed by atoms with Crippen molar-refractivity contribution in [3.05, 3.63) is 48.1 Å². The zero-order chi connectivity index (χ0) is 23.3. The molecule has 9 nitrogen and oxygen atoms in total. The number of esters is 3. The summed E-state index contributed by atoms with van der Waals surface area (Å²) >= 11 is 0. The number of carbonyl (C=O) groups excluding carboxylic acids is 3. The van der Waals surface area contributed by atoms with Gasteiger partial charge in [-0.2, -0.15) is 0 Å². The molecule has 9 heteroatoms. The fourth-order valence-electron chi connectivity index (χ4n) is 3.43. The van der Waals surface area contributed by atoms with Crippen molar-refractivity contribution in [3.8, 4) is 0 Å². The summed E-state index contributed by atoms with van der Waals surface area (Å²) in [5.74, 6) is -2.93. The fraction of sp³-hybridized carbons (Fsp3) is 0.500. The predicted molar refractivity (Wildman–Crippen MR) is 108 cm³/mol. The lowest BCUT2D eigenvalue weighted by Crippen LogP contribution is -2.36. The van der Waals surface area contributed by atoms with Crippen molar-refractivity contribution in [3.63, 3.8) is 0 Å². The van der Waals surface area contributed by atoms with Gasteiger partial charge in [0, 0.05) is 18.9 Å². The van der Waals surface area contributed by atoms with Gasteiger partial charge in [-0.3, -0.25) is 4.79 Å². The van der Waals surface area contributed by atoms with Crippen molar-refractivity contribution in [2.24, 2.45) is 5.92 Å². The molecule has 1 fully saturated rings. The number of ether oxygens (including phenoxy) is 3. The molecule has 0 spiro atoms. The van der Waals surface area contributed by atoms with E-state index < -0.39 is 54.8 Å². The van der Waals surface area contributed by atoms with E-state index >= 15 is 0 Å². The first-order valence-electron chi connectivity index (χ1n) is 9.82. The maximum absolute atomic E-state index is 12.5. The van der Waals surface area contributed by atoms with Gasteiger partial charge in [-0.25, -0.2) is 9.59 Å². The van der Waals surface area contributed by atoms with Crippen molar-refractivity contribution in [1.29, 1.82) is 0 Å². The molecule has 2 rings (SSSR count). The summed E-state index contributed by atoms with van der Waals surface area (Å²) in [6, 6.07) is 0. The van der Waals surface area contributed by atoms with Gasteiger partial charge in [-0.1, -0.05) is 19.7 Å². The number of aliphatic hydroxyl groups excluding tert-OH is 3. The van der Waals surface area contributed by atoms with Crippen LogP contribution in [0.1, 0.15) is 26.2 Å². The smallest absolute Gasteiger partial charge is 0.336 e. The Morgan fingerprint density at radius 3 is 2.65 bits per heavy atom. The molecule has 1 aliphatic heterocycles. The Labute approximate surface area is 180 Å². The van der Waals surface area contributed by atoms with Gasteiger partial charge in [0.1, 0.15) is 24.9 Å². The first-order valence-corrected chi connectivity index (χ1v) is 9.82. The average Bonchev–Trinajstić information content (AvgIpc) is 3.00. The highest BCUT2D eigenvalue weighted by Crippen LogP contribution is 2.37. The first kappa shape index (κ1) is 24.5. The standard InChI is InChI=1S/C22H28O9/c1-11-7-18(30-21(27)12(2)17(26)9-23)20-13(3)22(28)31-19(20)8-15(5-6-16(11)25)10-29-14(4)24/h8,16-20,23,25-26H,1-3,5-7,9-10H2,4H3/b15-8+/t16-,17+,18+,19+,20-/m1/s1. The van der Waals surface area contributed by atoms with Gasteiger partial charge < -0.3 is 29.5 Å². The lowest BCUT2D eigenvalue weighted by atomic mass is 9.83. The Hall–Kier alpha value is -2.75. The van der Waals surface area contributed by atoms with Gasteiger partial charge in [0.15, 0.2) is 0 Å². The lowest BCUT2D eigenvalue weighted by molar-refractivity contribution is -0.149. The topological polar surface area (TPSA) is 140 Å². The van der Waals surface area contributed by atoms with Crippen molar-refractivity contribution in [1.82, 2.24) is 0 Å². The number of rotatable bonds is 6. The molecule has 0 aromatic heterocycles. The van der Waals surface area contributed by atoms with Crippen molar-refractivity contribution < 1.29 is 43.9 Å². The van der Waals surface area contributed by atoms with E-state index in [2.05, 4.69) is 19.7 Å². The van der Waals surface area contributed by atoms with E-state index in [0.717, 1.165) is 0 Å². The molecular weight excluding hydrogens is 408 g/mol. The number of fused-ring (bicyclic) bond motifs is 1. The molecule has 31 heavy (non-hydrogen) atoms. The second-order valence-corrected chi connectivity index (χ2v) is 7.61. The zero-order valence-electron chi connectivity index (χ0n) is 17.4. The zero-order valence-corrected chi connectivity index (χ0v) is 17.4. The molecule has 0 aromatic carbocycles. The molecule has 0 bridgehead atoms. The molecule has 2 aliphatic rings. The Balaban J connectivity index is 2.40. The van der Waals surface area contributed by atoms with Crippen LogP contribution < -0.4 is 0 Å². The minimum atomic E-state index is -1.50. The highest BCUT2D eigenvalue weighted by molar-refractivity contribution is 5.92. The fourth-order valence-corrected chi connectivity index (χ4v) is 3.43. The SMILES string of the molecule is C=C1C(=O)O[C@H]2/C=C(/COC(C)=O)CC[C@@H](O)C(=C)C[C@H](OC(=O)C(=C)[C@@H](O)CO)[C@@H]12. The minimum Gasteiger partial charge on any atom is -0.461 e. The summed E-state index contributed by atoms with van der Waals surface area (Å²) in [6.45, 7) is 11.6. The second-order valence-electron chi connectivity index (χ2n) is 7.61. The number of aliphatic hydroxyl groups is 3. The van der Waals surface area contributed by atoms with Crippen molar-refractivity contribution in [2.45, 2.75) is 50.6 Å². The minimum absolute atomic E-state index is 0.0132. The molecule has 1 heterocycles. The van der Waals surface area contributed by atoms with E-state index in [1.54, 1.807) is 6.08 Å². The van der Waals surface area contributed by atoms with Crippen LogP contribution in [0.5, 0.6) is 0 Å². The van der Waals surface area contributed by atoms with Crippen LogP contribution in [0.3, 0.4) is 0 Å². The van der Waals surface area contributed by atoms with Crippen LogP contribution in [0, 0.1) is 5.92 Å². The van der Waals surface area contributed by atoms with Crippen LogP contribution in [0.15, 0.2) is 48.1 Å². The van der Waals surface area contributed by atoms with E-state index in [-0.39, 0.29) is 30.6 Å². The van der Waals surface area contributed by atoms with Gasteiger partial charge in [0.05, 0.1) is 24.2 Å². The Kier molecular flexibility index (Phi) is 8.32. The van der Waals surface area contributed by atoms with Crippen LogP contribution >= 0.6 is 0 Å². The van der Waals surface area contributed by atoms with Crippen LogP contribution in [-0.4, -0.2) is 70.9 Å². The Bertz CT molecular complexity index is 810. The molecule has 3 N–H and O–H groups in total. The Morgan fingerprint density at radius 2 is 2.03 bits per heavy atom. The largest absolute Gasteiger partial charge is 0.461 e. The summed E-state index contributed by atoms with van der Waals surface area (Å²) in [5, 5.41) is 29.2. The third kappa shape index (κ3) is 6.13. The van der Waals surface area contributed by atoms with Gasteiger partial charge in [0.25, 0.3) is 0 Å². The maximum Gasteiger partial charge on any atom is 0.336 e. The summed E-state index contributed by atoms with van der Waals surface area (Å²) in [7, 11) is 0. The summed E-state index contributed by atoms with van der Waals surface area (Å²) in [5.41, 5.74) is 0.698. The molecule has 170 valence electrons. The van der Waals surface area contributed by atoms with Crippen LogP contribution in [0.2, 0.25) is 0 Å². The number of hydrogen-bond donors (Lipinski definition) is 3. The van der Waals surface area contributed by atoms with E-state index in [9.17, 15) is 24.6 Å². The first-order chi connectivity index (χ1) is 14.5. The third-order valence-electron chi connectivity index (χ3n) is 5.29. The van der Waals surface area contributed by atoms with Gasteiger partial charge in [0.2, 0.25) is 0 Å². The molecule has 0 aromatic rings. The second kappa shape index (κ2) is 10.5. The van der Waals surface area contributed by atoms with Crippen molar-refractivity contribution >= 4 is 17.9 Å². The Morgan fingerprint density at radius 1 is 1.35 bits per heavy atom. The number of hydrogen-bond acceptors (Lipinski definition) is 9. The average molecular weight is 436 g/mol. The van der Waals surface area contributed by atoms with E-state index in [4.69, 9.17) is 19.3 Å². The molecule has 0 radical (unpaired) electrons. The molecular formula is C22H28O9. The maximum atomic E-state index is 12.5. The lowest BCUT2D eigenvalue weighted by Gasteiger charge is -2.30. The van der Waals surface area contributed by atoms with Crippen LogP contribution in [0.4, 0.5) is 0 Å². The highest BCUT2D eigenvalue weighted by Gasteiger charge is 2.45. The van der Waals surface area contributed by atoms with Crippen LogP contribution in [0.25, 0.3) is 0 Å². The van der Waals surface area contributed by atoms with E-state index in [1.165, 1.54) is 6.92 Å². The molecule has 1 aliphatic carbocycles. The predicted octanol–water partition coefficient (Wildman–Crippen LogP) is 0.496. The normalized spacial score (nSPS) is 29.2. The number of carbonyl (C=O) groups is 3. The molecule has 1 saturated heterocycles. The third-order valence-corrected chi connectivity index (χ3v) is 5.29. The van der Waals surface area contributed by atoms with Gasteiger partial charge in [-0.05, 0) is 30.1 Å². The molecule has 0 saturated carbocycles. The molecule has 5 atom stereocenters. The van der Waals surface area contributed by atoms with Crippen molar-refractivity contribution in [2.75, 3.05) is 13.2 Å². The summed E-state index contributed by atoms with van der Waals surface area (Å²) in [6.07, 6.45) is -2.03. The quantitative estimate of drug-likeness (QED) is 0.235. The van der Waals surface area contributed by atoms with Gasteiger partial charge >= 0.3 is 17.9 Å². The summed E-state index contributed by atoms with van der Waals surface area (Å²) in [4.78, 5) is 35.9. The molecule has 0 unspecified atom stereocenters. The van der Waals surface area contributed by atoms with E-state index in [0.29, 0.717) is 17.6 Å². The highest BCUT2D eigenvalue weighted by atomic mass is 16.6. The van der Waals surface area contributed by atoms with E-state index in [1.807, 2.05) is 0 Å². The monoisotopic (exact) mass is 436 g/mol. The van der Waals surface area contributed by atoms with Crippen LogP contribution in [-0.2, 0) is 28.6 Å². The van der Waals surface area contributed by atoms with Gasteiger partial charge in [-0.15, -0.1) is 0 Å².